The number of benzene rings is 1. The summed E-state index contributed by atoms with van der Waals surface area (Å²) in [5.74, 6) is -0.201. The van der Waals surface area contributed by atoms with Crippen molar-refractivity contribution >= 4 is 5.91 Å². The summed E-state index contributed by atoms with van der Waals surface area (Å²) < 4.78 is 12.8. The second-order valence-corrected chi connectivity index (χ2v) is 5.46. The first-order chi connectivity index (χ1) is 9.02. The zero-order valence-electron chi connectivity index (χ0n) is 11.6. The Morgan fingerprint density at radius 1 is 1.37 bits per heavy atom. The van der Waals surface area contributed by atoms with Crippen LogP contribution in [-0.4, -0.2) is 29.9 Å². The second-order valence-electron chi connectivity index (χ2n) is 5.46. The SMILES string of the molecule is CN1CCCCC1(C)C(=O)NCc1ccc(F)cc1. The molecule has 0 saturated carbocycles. The molecule has 1 aliphatic heterocycles. The van der Waals surface area contributed by atoms with E-state index in [0.717, 1.165) is 31.4 Å². The average molecular weight is 264 g/mol. The van der Waals surface area contributed by atoms with E-state index >= 15 is 0 Å². The minimum Gasteiger partial charge on any atom is -0.350 e. The molecule has 0 aromatic heterocycles. The zero-order chi connectivity index (χ0) is 13.9. The highest BCUT2D eigenvalue weighted by Crippen LogP contribution is 2.26. The molecule has 1 saturated heterocycles. The van der Waals surface area contributed by atoms with Crippen LogP contribution in [0.4, 0.5) is 4.39 Å². The molecule has 1 amide bonds. The number of hydrogen-bond acceptors (Lipinski definition) is 2. The number of likely N-dealkylation sites (N-methyl/N-ethyl adjacent to an activating group) is 1. The largest absolute Gasteiger partial charge is 0.350 e. The van der Waals surface area contributed by atoms with Crippen LogP contribution in [0.15, 0.2) is 24.3 Å². The Hall–Kier alpha value is -1.42. The molecule has 0 spiro atoms. The van der Waals surface area contributed by atoms with Gasteiger partial charge in [0.2, 0.25) is 5.91 Å². The lowest BCUT2D eigenvalue weighted by Crippen LogP contribution is -2.57. The third-order valence-electron chi connectivity index (χ3n) is 4.11. The topological polar surface area (TPSA) is 32.3 Å². The van der Waals surface area contributed by atoms with Crippen LogP contribution in [0.3, 0.4) is 0 Å². The number of carbonyl (C=O) groups is 1. The van der Waals surface area contributed by atoms with Gasteiger partial charge in [-0.05, 0) is 57.5 Å². The lowest BCUT2D eigenvalue weighted by molar-refractivity contribution is -0.133. The molecular weight excluding hydrogens is 243 g/mol. The van der Waals surface area contributed by atoms with Crippen LogP contribution < -0.4 is 5.32 Å². The monoisotopic (exact) mass is 264 g/mol. The normalized spacial score (nSPS) is 24.2. The molecule has 104 valence electrons. The van der Waals surface area contributed by atoms with Crippen molar-refractivity contribution in [3.05, 3.63) is 35.6 Å². The van der Waals surface area contributed by atoms with E-state index in [0.29, 0.717) is 6.54 Å². The highest BCUT2D eigenvalue weighted by molar-refractivity contribution is 5.85. The van der Waals surface area contributed by atoms with Gasteiger partial charge in [0.25, 0.3) is 0 Å². The molecule has 1 N–H and O–H groups in total. The van der Waals surface area contributed by atoms with Crippen molar-refractivity contribution in [2.24, 2.45) is 0 Å². The number of hydrogen-bond donors (Lipinski definition) is 1. The maximum atomic E-state index is 12.8. The Bertz CT molecular complexity index is 446. The van der Waals surface area contributed by atoms with Crippen molar-refractivity contribution in [1.82, 2.24) is 10.2 Å². The minimum atomic E-state index is -0.418. The summed E-state index contributed by atoms with van der Waals surface area (Å²) in [6, 6.07) is 6.22. The first-order valence-electron chi connectivity index (χ1n) is 6.76. The molecule has 19 heavy (non-hydrogen) atoms. The Morgan fingerprint density at radius 3 is 2.68 bits per heavy atom. The van der Waals surface area contributed by atoms with Gasteiger partial charge in [0.1, 0.15) is 5.82 Å². The van der Waals surface area contributed by atoms with Gasteiger partial charge in [0.15, 0.2) is 0 Å². The zero-order valence-corrected chi connectivity index (χ0v) is 11.6. The Balaban J connectivity index is 1.95. The fourth-order valence-corrected chi connectivity index (χ4v) is 2.52. The van der Waals surface area contributed by atoms with Gasteiger partial charge in [0.05, 0.1) is 5.54 Å². The molecule has 4 heteroatoms. The first kappa shape index (κ1) is 14.0. The molecule has 1 heterocycles. The molecule has 0 radical (unpaired) electrons. The van der Waals surface area contributed by atoms with E-state index in [2.05, 4.69) is 10.2 Å². The molecule has 3 nitrogen and oxygen atoms in total. The maximum absolute atomic E-state index is 12.8. The van der Waals surface area contributed by atoms with E-state index in [-0.39, 0.29) is 11.7 Å². The third-order valence-corrected chi connectivity index (χ3v) is 4.11. The summed E-state index contributed by atoms with van der Waals surface area (Å²) in [5, 5.41) is 2.96. The van der Waals surface area contributed by atoms with Gasteiger partial charge in [-0.2, -0.15) is 0 Å². The standard InChI is InChI=1S/C15H21FN2O/c1-15(9-3-4-10-18(15)2)14(19)17-11-12-5-7-13(16)8-6-12/h5-8H,3-4,9-11H2,1-2H3,(H,17,19). The highest BCUT2D eigenvalue weighted by Gasteiger charge is 2.38. The summed E-state index contributed by atoms with van der Waals surface area (Å²) in [5.41, 5.74) is 0.495. The Labute approximate surface area is 113 Å². The van der Waals surface area contributed by atoms with Gasteiger partial charge >= 0.3 is 0 Å². The van der Waals surface area contributed by atoms with Crippen LogP contribution in [0.1, 0.15) is 31.7 Å². The van der Waals surface area contributed by atoms with Crippen LogP contribution in [0.2, 0.25) is 0 Å². The van der Waals surface area contributed by atoms with E-state index in [1.807, 2.05) is 14.0 Å². The number of piperidine rings is 1. The number of halogens is 1. The first-order valence-corrected chi connectivity index (χ1v) is 6.76. The molecule has 1 atom stereocenters. The van der Waals surface area contributed by atoms with Gasteiger partial charge in [-0.3, -0.25) is 9.69 Å². The van der Waals surface area contributed by atoms with Gasteiger partial charge in [-0.15, -0.1) is 0 Å². The molecule has 2 rings (SSSR count). The molecule has 1 aromatic rings. The summed E-state index contributed by atoms with van der Waals surface area (Å²) in [6.07, 6.45) is 3.13. The number of amides is 1. The van der Waals surface area contributed by atoms with E-state index in [9.17, 15) is 9.18 Å². The lowest BCUT2D eigenvalue weighted by Gasteiger charge is -2.41. The van der Waals surface area contributed by atoms with Crippen LogP contribution in [0.25, 0.3) is 0 Å². The van der Waals surface area contributed by atoms with Crippen LogP contribution in [-0.2, 0) is 11.3 Å². The van der Waals surface area contributed by atoms with E-state index in [4.69, 9.17) is 0 Å². The summed E-state index contributed by atoms with van der Waals surface area (Å²) in [4.78, 5) is 14.5. The molecule has 1 aliphatic rings. The number of nitrogens with one attached hydrogen (secondary N) is 1. The Morgan fingerprint density at radius 2 is 2.05 bits per heavy atom. The fourth-order valence-electron chi connectivity index (χ4n) is 2.52. The van der Waals surface area contributed by atoms with Crippen LogP contribution in [0, 0.1) is 5.82 Å². The van der Waals surface area contributed by atoms with E-state index < -0.39 is 5.54 Å². The smallest absolute Gasteiger partial charge is 0.240 e. The van der Waals surface area contributed by atoms with Crippen molar-refractivity contribution in [3.8, 4) is 0 Å². The van der Waals surface area contributed by atoms with Gasteiger partial charge in [-0.25, -0.2) is 4.39 Å². The molecule has 1 aromatic carbocycles. The molecular formula is C15H21FN2O. The number of rotatable bonds is 3. The fraction of sp³-hybridized carbons (Fsp3) is 0.533. The van der Waals surface area contributed by atoms with Gasteiger partial charge < -0.3 is 5.32 Å². The van der Waals surface area contributed by atoms with Gasteiger partial charge in [-0.1, -0.05) is 12.1 Å². The molecule has 0 bridgehead atoms. The maximum Gasteiger partial charge on any atom is 0.240 e. The van der Waals surface area contributed by atoms with Crippen molar-refractivity contribution in [1.29, 1.82) is 0 Å². The van der Waals surface area contributed by atoms with Gasteiger partial charge in [0, 0.05) is 6.54 Å². The molecule has 1 unspecified atom stereocenters. The number of likely N-dealkylation sites (tertiary alicyclic amines) is 1. The predicted octanol–water partition coefficient (Wildman–Crippen LogP) is 2.32. The molecule has 1 fully saturated rings. The van der Waals surface area contributed by atoms with Crippen molar-refractivity contribution < 1.29 is 9.18 Å². The number of carbonyl (C=O) groups excluding carboxylic acids is 1. The van der Waals surface area contributed by atoms with Crippen molar-refractivity contribution in [2.75, 3.05) is 13.6 Å². The predicted molar refractivity (Wildman–Crippen MR) is 73.1 cm³/mol. The van der Waals surface area contributed by atoms with Crippen LogP contribution in [0.5, 0.6) is 0 Å². The quantitative estimate of drug-likeness (QED) is 0.908. The summed E-state index contributed by atoms with van der Waals surface area (Å²) in [6.45, 7) is 3.40. The van der Waals surface area contributed by atoms with Crippen molar-refractivity contribution in [3.63, 3.8) is 0 Å². The summed E-state index contributed by atoms with van der Waals surface area (Å²) >= 11 is 0. The second kappa shape index (κ2) is 5.70. The highest BCUT2D eigenvalue weighted by atomic mass is 19.1. The van der Waals surface area contributed by atoms with Crippen molar-refractivity contribution in [2.45, 2.75) is 38.3 Å². The Kier molecular flexibility index (Phi) is 4.20. The minimum absolute atomic E-state index is 0.0547. The average Bonchev–Trinajstić information content (AvgIpc) is 2.41. The van der Waals surface area contributed by atoms with Crippen LogP contribution >= 0.6 is 0 Å². The summed E-state index contributed by atoms with van der Waals surface area (Å²) in [7, 11) is 2.00. The molecule has 0 aliphatic carbocycles. The van der Waals surface area contributed by atoms with E-state index in [1.54, 1.807) is 12.1 Å². The van der Waals surface area contributed by atoms with E-state index in [1.165, 1.54) is 12.1 Å². The number of nitrogens with zero attached hydrogens (tertiary/aromatic N) is 1. The lowest BCUT2D eigenvalue weighted by atomic mass is 9.88. The third kappa shape index (κ3) is 3.13.